The van der Waals surface area contributed by atoms with E-state index in [0.29, 0.717) is 42.6 Å². The van der Waals surface area contributed by atoms with Crippen LogP contribution in [0.4, 0.5) is 0 Å². The number of hydrogen-bond donors (Lipinski definition) is 2. The summed E-state index contributed by atoms with van der Waals surface area (Å²) in [5.41, 5.74) is 2.18. The molecule has 228 valence electrons. The van der Waals surface area contributed by atoms with Crippen molar-refractivity contribution in [2.45, 2.75) is 38.9 Å². The van der Waals surface area contributed by atoms with Gasteiger partial charge < -0.3 is 33.6 Å². The van der Waals surface area contributed by atoms with E-state index in [1.807, 2.05) is 60.7 Å². The molecule has 5 rings (SSSR count). The molecule has 8 heteroatoms. The molecule has 44 heavy (non-hydrogen) atoms. The Morgan fingerprint density at radius 3 is 2.05 bits per heavy atom. The molecule has 0 saturated heterocycles. The first-order chi connectivity index (χ1) is 21.6. The monoisotopic (exact) mass is 596 g/mol. The lowest BCUT2D eigenvalue weighted by Gasteiger charge is -2.16. The van der Waals surface area contributed by atoms with Crippen molar-refractivity contribution in [1.82, 2.24) is 0 Å². The quantitative estimate of drug-likeness (QED) is 0.122. The number of ether oxygens (including phenoxy) is 4. The van der Waals surface area contributed by atoms with Crippen LogP contribution in [0.1, 0.15) is 36.8 Å². The zero-order valence-electron chi connectivity index (χ0n) is 24.7. The molecule has 0 aliphatic carbocycles. The normalized spacial score (nSPS) is 11.0. The number of unbranched alkanes of at least 4 members (excludes halogenated alkanes) is 3. The number of rotatable bonds is 15. The second-order valence-electron chi connectivity index (χ2n) is 10.3. The Balaban J connectivity index is 1.48. The van der Waals surface area contributed by atoms with E-state index in [4.69, 9.17) is 28.5 Å². The molecule has 0 aliphatic heterocycles. The van der Waals surface area contributed by atoms with Gasteiger partial charge in [0.1, 0.15) is 35.7 Å². The van der Waals surface area contributed by atoms with Crippen molar-refractivity contribution in [3.63, 3.8) is 0 Å². The van der Waals surface area contributed by atoms with Gasteiger partial charge in [-0.1, -0.05) is 67.1 Å². The van der Waals surface area contributed by atoms with E-state index in [-0.39, 0.29) is 34.8 Å². The highest BCUT2D eigenvalue weighted by atomic mass is 16.5. The number of phenols is 1. The van der Waals surface area contributed by atoms with E-state index in [1.54, 1.807) is 24.3 Å². The Hall–Kier alpha value is -4.95. The highest BCUT2D eigenvalue weighted by Crippen LogP contribution is 2.39. The van der Waals surface area contributed by atoms with Crippen molar-refractivity contribution in [3.8, 4) is 40.1 Å². The molecule has 5 aromatic rings. The molecule has 0 radical (unpaired) electrons. The Labute approximate surface area is 256 Å². The summed E-state index contributed by atoms with van der Waals surface area (Å²) in [7, 11) is 1.39. The average Bonchev–Trinajstić information content (AvgIpc) is 3.05. The van der Waals surface area contributed by atoms with Gasteiger partial charge in [-0.15, -0.1) is 0 Å². The van der Waals surface area contributed by atoms with Crippen LogP contribution in [-0.2, 0) is 13.2 Å². The largest absolute Gasteiger partial charge is 0.507 e. The van der Waals surface area contributed by atoms with Crippen LogP contribution in [0, 0.1) is 0 Å². The zero-order chi connectivity index (χ0) is 30.7. The molecule has 0 amide bonds. The molecular weight excluding hydrogens is 560 g/mol. The van der Waals surface area contributed by atoms with Crippen LogP contribution in [0.3, 0.4) is 0 Å². The van der Waals surface area contributed by atoms with Crippen LogP contribution in [0.25, 0.3) is 22.3 Å². The van der Waals surface area contributed by atoms with Crippen molar-refractivity contribution in [1.29, 1.82) is 0 Å². The molecule has 0 bridgehead atoms. The minimum absolute atomic E-state index is 0.00395. The van der Waals surface area contributed by atoms with E-state index >= 15 is 0 Å². The fraction of sp³-hybridized carbons (Fsp3) is 0.250. The number of methoxy groups -OCH3 is 1. The van der Waals surface area contributed by atoms with Gasteiger partial charge in [0, 0.05) is 24.3 Å². The van der Waals surface area contributed by atoms with Crippen LogP contribution < -0.4 is 24.4 Å². The molecule has 0 aliphatic rings. The summed E-state index contributed by atoms with van der Waals surface area (Å²) in [6, 6.07) is 27.9. The number of aliphatic hydroxyl groups excluding tert-OH is 1. The minimum atomic E-state index is -0.507. The molecule has 4 aromatic carbocycles. The molecule has 0 fully saturated rings. The SMILES string of the molecule is COc1c(-c2ccc(OCc3ccccc3)c(OCc3ccccc3)c2)oc2cc(OCCCCCCO)cc(O)c2c1=O. The first kappa shape index (κ1) is 30.5. The van der Waals surface area contributed by atoms with Crippen LogP contribution in [0.15, 0.2) is 100 Å². The van der Waals surface area contributed by atoms with Crippen LogP contribution in [0.2, 0.25) is 0 Å². The van der Waals surface area contributed by atoms with Crippen LogP contribution >= 0.6 is 0 Å². The highest BCUT2D eigenvalue weighted by molar-refractivity contribution is 5.88. The Morgan fingerprint density at radius 1 is 0.727 bits per heavy atom. The van der Waals surface area contributed by atoms with Crippen molar-refractivity contribution in [3.05, 3.63) is 112 Å². The fourth-order valence-electron chi connectivity index (χ4n) is 4.83. The van der Waals surface area contributed by atoms with Gasteiger partial charge >= 0.3 is 0 Å². The molecular formula is C36H36O8. The predicted molar refractivity (Wildman–Crippen MR) is 169 cm³/mol. The number of fused-ring (bicyclic) bond motifs is 1. The van der Waals surface area contributed by atoms with E-state index in [0.717, 1.165) is 36.8 Å². The van der Waals surface area contributed by atoms with Crippen LogP contribution in [0.5, 0.6) is 28.7 Å². The van der Waals surface area contributed by atoms with Crippen molar-refractivity contribution in [2.24, 2.45) is 0 Å². The molecule has 0 spiro atoms. The first-order valence-electron chi connectivity index (χ1n) is 14.7. The van der Waals surface area contributed by atoms with Crippen LogP contribution in [-0.4, -0.2) is 30.5 Å². The minimum Gasteiger partial charge on any atom is -0.507 e. The van der Waals surface area contributed by atoms with Gasteiger partial charge in [0.25, 0.3) is 0 Å². The van der Waals surface area contributed by atoms with Gasteiger partial charge in [0.15, 0.2) is 17.3 Å². The van der Waals surface area contributed by atoms with Gasteiger partial charge in [-0.05, 0) is 48.6 Å². The molecule has 0 unspecified atom stereocenters. The maximum atomic E-state index is 13.5. The smallest absolute Gasteiger partial charge is 0.239 e. The number of benzene rings is 4. The number of phenolic OH excluding ortho intramolecular Hbond substituents is 1. The number of hydrogen-bond acceptors (Lipinski definition) is 8. The summed E-state index contributed by atoms with van der Waals surface area (Å²) in [5.74, 6) is 1.26. The third kappa shape index (κ3) is 7.51. The molecule has 1 heterocycles. The molecule has 0 saturated carbocycles. The second kappa shape index (κ2) is 15.0. The summed E-state index contributed by atoms with van der Waals surface area (Å²) in [5, 5.41) is 19.7. The highest BCUT2D eigenvalue weighted by Gasteiger charge is 2.22. The topological polar surface area (TPSA) is 108 Å². The van der Waals surface area contributed by atoms with Gasteiger partial charge in [0.2, 0.25) is 11.2 Å². The third-order valence-corrected chi connectivity index (χ3v) is 7.11. The van der Waals surface area contributed by atoms with E-state index < -0.39 is 5.43 Å². The molecule has 0 atom stereocenters. The van der Waals surface area contributed by atoms with E-state index in [9.17, 15) is 9.90 Å². The van der Waals surface area contributed by atoms with E-state index in [1.165, 1.54) is 13.2 Å². The lowest BCUT2D eigenvalue weighted by atomic mass is 10.1. The Bertz CT molecular complexity index is 1710. The van der Waals surface area contributed by atoms with Crippen molar-refractivity contribution >= 4 is 11.0 Å². The number of aliphatic hydroxyl groups is 1. The third-order valence-electron chi connectivity index (χ3n) is 7.11. The predicted octanol–water partition coefficient (Wildman–Crippen LogP) is 7.26. The summed E-state index contributed by atoms with van der Waals surface area (Å²) in [6.07, 6.45) is 3.37. The van der Waals surface area contributed by atoms with Gasteiger partial charge in [-0.3, -0.25) is 4.79 Å². The summed E-state index contributed by atoms with van der Waals surface area (Å²) < 4.78 is 29.9. The van der Waals surface area contributed by atoms with Crippen molar-refractivity contribution in [2.75, 3.05) is 20.3 Å². The Morgan fingerprint density at radius 2 is 1.39 bits per heavy atom. The summed E-state index contributed by atoms with van der Waals surface area (Å²) >= 11 is 0. The maximum absolute atomic E-state index is 13.5. The summed E-state index contributed by atoms with van der Waals surface area (Å²) in [4.78, 5) is 13.5. The second-order valence-corrected chi connectivity index (χ2v) is 10.3. The van der Waals surface area contributed by atoms with Gasteiger partial charge in [-0.25, -0.2) is 0 Å². The fourth-order valence-corrected chi connectivity index (χ4v) is 4.83. The molecule has 1 aromatic heterocycles. The van der Waals surface area contributed by atoms with Gasteiger partial charge in [0.05, 0.1) is 13.7 Å². The van der Waals surface area contributed by atoms with Crippen molar-refractivity contribution < 1.29 is 33.6 Å². The maximum Gasteiger partial charge on any atom is 0.239 e. The molecule has 2 N–H and O–H groups in total. The lowest BCUT2D eigenvalue weighted by Crippen LogP contribution is -2.08. The lowest BCUT2D eigenvalue weighted by molar-refractivity contribution is 0.256. The van der Waals surface area contributed by atoms with E-state index in [2.05, 4.69) is 0 Å². The number of aromatic hydroxyl groups is 1. The Kier molecular flexibility index (Phi) is 10.4. The summed E-state index contributed by atoms with van der Waals surface area (Å²) in [6.45, 7) is 1.25. The first-order valence-corrected chi connectivity index (χ1v) is 14.7. The van der Waals surface area contributed by atoms with Gasteiger partial charge in [-0.2, -0.15) is 0 Å². The average molecular weight is 597 g/mol. The molecule has 8 nitrogen and oxygen atoms in total. The standard InChI is InChI=1S/C36H36O8/c1-40-36-34(39)33-29(38)21-28(41-19-11-3-2-10-18-37)22-32(33)44-35(36)27-16-17-30(42-23-25-12-6-4-7-13-25)31(20-27)43-24-26-14-8-5-9-15-26/h4-9,12-17,20-22,37-38H,2-3,10-11,18-19,23-24H2,1H3. The zero-order valence-corrected chi connectivity index (χ0v) is 24.7.